The van der Waals surface area contributed by atoms with Crippen molar-refractivity contribution in [3.63, 3.8) is 0 Å². The van der Waals surface area contributed by atoms with Crippen LogP contribution in [0, 0.1) is 12.8 Å². The number of piperidine rings is 1. The fraction of sp³-hybridized carbons (Fsp3) is 0.684. The number of amides is 1. The van der Waals surface area contributed by atoms with E-state index in [1.165, 1.54) is 7.11 Å². The first kappa shape index (κ1) is 18.9. The first-order valence-corrected chi connectivity index (χ1v) is 9.39. The van der Waals surface area contributed by atoms with Gasteiger partial charge in [0.2, 0.25) is 0 Å². The largest absolute Gasteiger partial charge is 0.465 e. The SMILES string of the molecule is CCCc1c(C(=O)N2CCC(C3OCCO3)CC2)[nH]c(C)c1C(=O)OC. The molecule has 0 aliphatic carbocycles. The molecule has 0 aromatic carbocycles. The van der Waals surface area contributed by atoms with E-state index in [4.69, 9.17) is 14.2 Å². The Hall–Kier alpha value is -1.86. The Kier molecular flexibility index (Phi) is 5.98. The summed E-state index contributed by atoms with van der Waals surface area (Å²) < 4.78 is 16.1. The Balaban J connectivity index is 1.74. The molecule has 2 aliphatic heterocycles. The summed E-state index contributed by atoms with van der Waals surface area (Å²) in [6.45, 7) is 6.49. The molecule has 1 N–H and O–H groups in total. The van der Waals surface area contributed by atoms with Crippen molar-refractivity contribution in [2.24, 2.45) is 5.92 Å². The molecule has 2 fully saturated rings. The van der Waals surface area contributed by atoms with E-state index >= 15 is 0 Å². The third-order valence-electron chi connectivity index (χ3n) is 5.25. The predicted octanol–water partition coefficient (Wildman–Crippen LogP) is 2.29. The van der Waals surface area contributed by atoms with Crippen molar-refractivity contribution < 1.29 is 23.8 Å². The number of carbonyl (C=O) groups is 2. The van der Waals surface area contributed by atoms with Gasteiger partial charge in [-0.1, -0.05) is 13.3 Å². The lowest BCUT2D eigenvalue weighted by atomic mass is 9.95. The number of hydrogen-bond acceptors (Lipinski definition) is 5. The minimum Gasteiger partial charge on any atom is -0.465 e. The van der Waals surface area contributed by atoms with Crippen molar-refractivity contribution in [3.05, 3.63) is 22.5 Å². The van der Waals surface area contributed by atoms with Gasteiger partial charge in [0.1, 0.15) is 5.69 Å². The van der Waals surface area contributed by atoms with E-state index in [0.29, 0.717) is 55.6 Å². The van der Waals surface area contributed by atoms with Crippen LogP contribution in [0.15, 0.2) is 0 Å². The average molecular weight is 364 g/mol. The lowest BCUT2D eigenvalue weighted by molar-refractivity contribution is -0.0956. The number of carbonyl (C=O) groups excluding carboxylic acids is 2. The van der Waals surface area contributed by atoms with E-state index in [2.05, 4.69) is 4.98 Å². The molecule has 7 nitrogen and oxygen atoms in total. The van der Waals surface area contributed by atoms with Gasteiger partial charge in [-0.15, -0.1) is 0 Å². The number of aryl methyl sites for hydroxylation is 1. The van der Waals surface area contributed by atoms with E-state index in [-0.39, 0.29) is 12.2 Å². The number of hydrogen-bond donors (Lipinski definition) is 1. The fourth-order valence-electron chi connectivity index (χ4n) is 3.92. The van der Waals surface area contributed by atoms with Crippen molar-refractivity contribution >= 4 is 11.9 Å². The molecule has 0 unspecified atom stereocenters. The normalized spacial score (nSPS) is 19.1. The molecular formula is C19H28N2O5. The Labute approximate surface area is 154 Å². The van der Waals surface area contributed by atoms with Crippen LogP contribution in [-0.2, 0) is 20.6 Å². The number of H-pyrrole nitrogens is 1. The van der Waals surface area contributed by atoms with E-state index < -0.39 is 5.97 Å². The lowest BCUT2D eigenvalue weighted by Crippen LogP contribution is -2.41. The second-order valence-electron chi connectivity index (χ2n) is 6.96. The number of aromatic amines is 1. The zero-order valence-electron chi connectivity index (χ0n) is 15.8. The maximum absolute atomic E-state index is 13.1. The second kappa shape index (κ2) is 8.22. The molecule has 1 amide bonds. The van der Waals surface area contributed by atoms with Crippen molar-refractivity contribution in [1.82, 2.24) is 9.88 Å². The molecule has 2 aliphatic rings. The molecular weight excluding hydrogens is 336 g/mol. The fourth-order valence-corrected chi connectivity index (χ4v) is 3.92. The highest BCUT2D eigenvalue weighted by atomic mass is 16.7. The highest BCUT2D eigenvalue weighted by Gasteiger charge is 2.34. The van der Waals surface area contributed by atoms with Gasteiger partial charge in [-0.3, -0.25) is 4.79 Å². The molecule has 26 heavy (non-hydrogen) atoms. The molecule has 7 heteroatoms. The number of nitrogens with one attached hydrogen (secondary N) is 1. The summed E-state index contributed by atoms with van der Waals surface area (Å²) in [5, 5.41) is 0. The van der Waals surface area contributed by atoms with Crippen molar-refractivity contribution in [2.75, 3.05) is 33.4 Å². The van der Waals surface area contributed by atoms with Gasteiger partial charge in [0.15, 0.2) is 6.29 Å². The Morgan fingerprint density at radius 2 is 1.88 bits per heavy atom. The van der Waals surface area contributed by atoms with Crippen molar-refractivity contribution in [2.45, 2.75) is 45.8 Å². The van der Waals surface area contributed by atoms with Gasteiger partial charge in [-0.05, 0) is 31.7 Å². The van der Waals surface area contributed by atoms with E-state index in [9.17, 15) is 9.59 Å². The summed E-state index contributed by atoms with van der Waals surface area (Å²) in [6.07, 6.45) is 3.11. The summed E-state index contributed by atoms with van der Waals surface area (Å²) in [5.74, 6) is -0.0958. The molecule has 0 saturated carbocycles. The van der Waals surface area contributed by atoms with Crippen LogP contribution in [0.2, 0.25) is 0 Å². The highest BCUT2D eigenvalue weighted by molar-refractivity contribution is 6.00. The van der Waals surface area contributed by atoms with E-state index in [1.54, 1.807) is 0 Å². The van der Waals surface area contributed by atoms with Gasteiger partial charge in [-0.2, -0.15) is 0 Å². The maximum atomic E-state index is 13.1. The summed E-state index contributed by atoms with van der Waals surface area (Å²) in [4.78, 5) is 30.2. The molecule has 0 radical (unpaired) electrons. The minimum absolute atomic E-state index is 0.0431. The predicted molar refractivity (Wildman–Crippen MR) is 95.2 cm³/mol. The molecule has 144 valence electrons. The monoisotopic (exact) mass is 364 g/mol. The number of likely N-dealkylation sites (tertiary alicyclic amines) is 1. The summed E-state index contributed by atoms with van der Waals surface area (Å²) in [6, 6.07) is 0. The standard InChI is InChI=1S/C19H28N2O5/c1-4-5-14-15(18(23)24-3)12(2)20-16(14)17(22)21-8-6-13(7-9-21)19-25-10-11-26-19/h13,19-20H,4-11H2,1-3H3. The quantitative estimate of drug-likeness (QED) is 0.811. The maximum Gasteiger partial charge on any atom is 0.339 e. The third-order valence-corrected chi connectivity index (χ3v) is 5.25. The lowest BCUT2D eigenvalue weighted by Gasteiger charge is -2.33. The molecule has 0 atom stereocenters. The smallest absolute Gasteiger partial charge is 0.339 e. The third kappa shape index (κ3) is 3.64. The van der Waals surface area contributed by atoms with Crippen LogP contribution in [-0.4, -0.2) is 61.5 Å². The molecule has 2 saturated heterocycles. The highest BCUT2D eigenvalue weighted by Crippen LogP contribution is 2.28. The first-order valence-electron chi connectivity index (χ1n) is 9.39. The van der Waals surface area contributed by atoms with Crippen LogP contribution in [0.4, 0.5) is 0 Å². The average Bonchev–Trinajstić information content (AvgIpc) is 3.29. The molecule has 0 bridgehead atoms. The van der Waals surface area contributed by atoms with Gasteiger partial charge in [0.25, 0.3) is 5.91 Å². The first-order chi connectivity index (χ1) is 12.6. The van der Waals surface area contributed by atoms with Crippen LogP contribution in [0.5, 0.6) is 0 Å². The van der Waals surface area contributed by atoms with Crippen LogP contribution in [0.1, 0.15) is 58.3 Å². The Bertz CT molecular complexity index is 655. The topological polar surface area (TPSA) is 80.9 Å². The van der Waals surface area contributed by atoms with Crippen LogP contribution >= 0.6 is 0 Å². The van der Waals surface area contributed by atoms with Gasteiger partial charge in [0.05, 0.1) is 25.9 Å². The summed E-state index contributed by atoms with van der Waals surface area (Å²) in [7, 11) is 1.37. The van der Waals surface area contributed by atoms with Crippen LogP contribution in [0.3, 0.4) is 0 Å². The zero-order valence-corrected chi connectivity index (χ0v) is 15.8. The van der Waals surface area contributed by atoms with E-state index in [0.717, 1.165) is 24.8 Å². The molecule has 3 heterocycles. The number of methoxy groups -OCH3 is 1. The van der Waals surface area contributed by atoms with E-state index in [1.807, 2.05) is 18.7 Å². The molecule has 1 aromatic rings. The Morgan fingerprint density at radius 3 is 2.46 bits per heavy atom. The molecule has 1 aromatic heterocycles. The number of ether oxygens (including phenoxy) is 3. The molecule has 3 rings (SSSR count). The number of aromatic nitrogens is 1. The molecule has 0 spiro atoms. The van der Waals surface area contributed by atoms with Gasteiger partial charge < -0.3 is 24.1 Å². The number of rotatable bonds is 5. The van der Waals surface area contributed by atoms with Crippen LogP contribution in [0.25, 0.3) is 0 Å². The number of nitrogens with zero attached hydrogens (tertiary/aromatic N) is 1. The van der Waals surface area contributed by atoms with Crippen molar-refractivity contribution in [1.29, 1.82) is 0 Å². The number of esters is 1. The Morgan fingerprint density at radius 1 is 1.23 bits per heavy atom. The van der Waals surface area contributed by atoms with Gasteiger partial charge >= 0.3 is 5.97 Å². The summed E-state index contributed by atoms with van der Waals surface area (Å²) in [5.41, 5.74) is 2.48. The van der Waals surface area contributed by atoms with Gasteiger partial charge in [-0.25, -0.2) is 4.79 Å². The van der Waals surface area contributed by atoms with Gasteiger partial charge in [0, 0.05) is 24.7 Å². The minimum atomic E-state index is -0.393. The van der Waals surface area contributed by atoms with Crippen LogP contribution < -0.4 is 0 Å². The summed E-state index contributed by atoms with van der Waals surface area (Å²) >= 11 is 0. The van der Waals surface area contributed by atoms with Crippen molar-refractivity contribution in [3.8, 4) is 0 Å². The zero-order chi connectivity index (χ0) is 18.7. The second-order valence-corrected chi connectivity index (χ2v) is 6.96.